The average molecular weight is 516 g/mol. The van der Waals surface area contributed by atoms with Crippen LogP contribution in [0.4, 0.5) is 5.69 Å². The number of aromatic amines is 1. The molecule has 6 rings (SSSR count). The third kappa shape index (κ3) is 4.39. The summed E-state index contributed by atoms with van der Waals surface area (Å²) in [5, 5.41) is 0.877. The smallest absolute Gasteiger partial charge is 0.275 e. The number of hydrogen-bond donors (Lipinski definition) is 1. The van der Waals surface area contributed by atoms with Gasteiger partial charge in [-0.25, -0.2) is 9.97 Å². The highest BCUT2D eigenvalue weighted by molar-refractivity contribution is 5.96. The van der Waals surface area contributed by atoms with Crippen molar-refractivity contribution in [3.05, 3.63) is 48.6 Å². The number of pyridine rings is 1. The van der Waals surface area contributed by atoms with Crippen LogP contribution in [0.3, 0.4) is 0 Å². The largest absolute Gasteiger partial charge is 0.495 e. The number of carbonyl (C=O) groups is 1. The number of piperazine rings is 1. The number of H-pyrrole nitrogens is 1. The Morgan fingerprint density at radius 2 is 1.92 bits per heavy atom. The normalized spacial score (nSPS) is 16.9. The van der Waals surface area contributed by atoms with E-state index in [4.69, 9.17) is 9.15 Å². The molecule has 0 spiro atoms. The van der Waals surface area contributed by atoms with Crippen molar-refractivity contribution in [1.29, 1.82) is 0 Å². The number of methoxy groups -OCH3 is 1. The van der Waals surface area contributed by atoms with Gasteiger partial charge in [0.25, 0.3) is 5.91 Å². The minimum Gasteiger partial charge on any atom is -0.495 e. The molecule has 1 amide bonds. The first-order chi connectivity index (χ1) is 18.4. The molecule has 2 saturated heterocycles. The first-order valence-corrected chi connectivity index (χ1v) is 12.9. The van der Waals surface area contributed by atoms with Crippen LogP contribution in [-0.4, -0.2) is 109 Å². The lowest BCUT2D eigenvalue weighted by molar-refractivity contribution is 0.0394. The van der Waals surface area contributed by atoms with Crippen molar-refractivity contribution in [1.82, 2.24) is 29.7 Å². The number of nitrogens with one attached hydrogen (secondary N) is 1. The highest BCUT2D eigenvalue weighted by atomic mass is 16.5. The third-order valence-corrected chi connectivity index (χ3v) is 7.72. The number of benzene rings is 1. The van der Waals surface area contributed by atoms with Crippen LogP contribution in [0.15, 0.2) is 47.3 Å². The predicted molar refractivity (Wildman–Crippen MR) is 147 cm³/mol. The van der Waals surface area contributed by atoms with Crippen molar-refractivity contribution in [3.63, 3.8) is 0 Å². The Balaban J connectivity index is 1.26. The van der Waals surface area contributed by atoms with Crippen LogP contribution in [0.1, 0.15) is 10.5 Å². The molecular weight excluding hydrogens is 482 g/mol. The fourth-order valence-corrected chi connectivity index (χ4v) is 5.11. The van der Waals surface area contributed by atoms with E-state index >= 15 is 0 Å². The second-order valence-corrected chi connectivity index (χ2v) is 10.4. The van der Waals surface area contributed by atoms with Gasteiger partial charge < -0.3 is 33.7 Å². The Bertz CT molecular complexity index is 1460. The lowest BCUT2D eigenvalue weighted by atomic mass is 10.0. The highest BCUT2D eigenvalue weighted by Crippen LogP contribution is 2.36. The molecule has 38 heavy (non-hydrogen) atoms. The number of oxazole rings is 1. The highest BCUT2D eigenvalue weighted by Gasteiger charge is 2.34. The van der Waals surface area contributed by atoms with E-state index in [2.05, 4.69) is 61.0 Å². The zero-order valence-electron chi connectivity index (χ0n) is 22.3. The van der Waals surface area contributed by atoms with E-state index in [1.165, 1.54) is 6.26 Å². The SMILES string of the molecule is COc1cc(-c2cnc3[nH]cc(-c4nc(C(=O)N5CC(N(C)C)C5)co4)c3c2)ccc1N1CCN(C)CC1. The molecule has 3 aromatic heterocycles. The van der Waals surface area contributed by atoms with Crippen LogP contribution in [0.2, 0.25) is 0 Å². The summed E-state index contributed by atoms with van der Waals surface area (Å²) in [5.74, 6) is 1.13. The van der Waals surface area contributed by atoms with Crippen LogP contribution >= 0.6 is 0 Å². The number of likely N-dealkylation sites (N-methyl/N-ethyl adjacent to an activating group) is 2. The molecule has 5 heterocycles. The first-order valence-electron chi connectivity index (χ1n) is 12.9. The van der Waals surface area contributed by atoms with Gasteiger partial charge in [0.1, 0.15) is 17.7 Å². The van der Waals surface area contributed by atoms with Gasteiger partial charge in [-0.2, -0.15) is 0 Å². The number of ether oxygens (including phenoxy) is 1. The van der Waals surface area contributed by atoms with Crippen LogP contribution in [0.25, 0.3) is 33.6 Å². The summed E-state index contributed by atoms with van der Waals surface area (Å²) in [4.78, 5) is 33.8. The number of rotatable bonds is 6. The molecule has 0 atom stereocenters. The van der Waals surface area contributed by atoms with Crippen LogP contribution in [-0.2, 0) is 0 Å². The maximum absolute atomic E-state index is 12.8. The van der Waals surface area contributed by atoms with Crippen LogP contribution < -0.4 is 9.64 Å². The zero-order chi connectivity index (χ0) is 26.4. The molecule has 198 valence electrons. The summed E-state index contributed by atoms with van der Waals surface area (Å²) in [6.07, 6.45) is 5.12. The Labute approximate surface area is 221 Å². The molecule has 0 saturated carbocycles. The Kier molecular flexibility index (Phi) is 6.29. The van der Waals surface area contributed by atoms with Gasteiger partial charge in [-0.1, -0.05) is 6.07 Å². The summed E-state index contributed by atoms with van der Waals surface area (Å²) >= 11 is 0. The topological polar surface area (TPSA) is 94.0 Å². The van der Waals surface area contributed by atoms with Crippen LogP contribution in [0.5, 0.6) is 5.75 Å². The van der Waals surface area contributed by atoms with Crippen molar-refractivity contribution in [2.75, 3.05) is 72.4 Å². The molecule has 4 aromatic rings. The maximum Gasteiger partial charge on any atom is 0.275 e. The molecular formula is C28H33N7O3. The molecule has 2 aliphatic heterocycles. The molecule has 0 bridgehead atoms. The molecule has 1 N–H and O–H groups in total. The van der Waals surface area contributed by atoms with E-state index in [1.54, 1.807) is 12.0 Å². The van der Waals surface area contributed by atoms with Crippen molar-refractivity contribution >= 4 is 22.6 Å². The number of carbonyl (C=O) groups excluding carboxylic acids is 1. The number of aromatic nitrogens is 3. The maximum atomic E-state index is 12.8. The van der Waals surface area contributed by atoms with Gasteiger partial charge in [0.15, 0.2) is 5.69 Å². The zero-order valence-corrected chi connectivity index (χ0v) is 22.3. The molecule has 1 aromatic carbocycles. The van der Waals surface area contributed by atoms with E-state index in [0.29, 0.717) is 30.7 Å². The van der Waals surface area contributed by atoms with E-state index in [9.17, 15) is 4.79 Å². The molecule has 2 aliphatic rings. The Morgan fingerprint density at radius 1 is 1.13 bits per heavy atom. The average Bonchev–Trinajstić information content (AvgIpc) is 3.54. The summed E-state index contributed by atoms with van der Waals surface area (Å²) in [5.41, 5.74) is 4.89. The van der Waals surface area contributed by atoms with Gasteiger partial charge in [0, 0.05) is 68.7 Å². The number of nitrogens with zero attached hydrogens (tertiary/aromatic N) is 6. The fourth-order valence-electron chi connectivity index (χ4n) is 5.11. The van der Waals surface area contributed by atoms with Gasteiger partial charge >= 0.3 is 0 Å². The van der Waals surface area contributed by atoms with Gasteiger partial charge in [-0.3, -0.25) is 4.79 Å². The fraction of sp³-hybridized carbons (Fsp3) is 0.393. The minimum atomic E-state index is -0.107. The monoisotopic (exact) mass is 515 g/mol. The number of amides is 1. The molecule has 2 fully saturated rings. The summed E-state index contributed by atoms with van der Waals surface area (Å²) in [7, 11) is 7.92. The van der Waals surface area contributed by atoms with Crippen molar-refractivity contribution in [2.24, 2.45) is 0 Å². The lowest BCUT2D eigenvalue weighted by Crippen LogP contribution is -2.59. The molecule has 0 unspecified atom stereocenters. The summed E-state index contributed by atoms with van der Waals surface area (Å²) in [6, 6.07) is 8.77. The minimum absolute atomic E-state index is 0.107. The second kappa shape index (κ2) is 9.77. The van der Waals surface area contributed by atoms with E-state index in [-0.39, 0.29) is 5.91 Å². The van der Waals surface area contributed by atoms with Crippen molar-refractivity contribution in [2.45, 2.75) is 6.04 Å². The number of anilines is 1. The van der Waals surface area contributed by atoms with Gasteiger partial charge in [-0.15, -0.1) is 0 Å². The molecule has 10 heteroatoms. The second-order valence-electron chi connectivity index (χ2n) is 10.4. The van der Waals surface area contributed by atoms with Crippen LogP contribution in [0, 0.1) is 0 Å². The number of likely N-dealkylation sites (tertiary alicyclic amines) is 1. The quantitative estimate of drug-likeness (QED) is 0.419. The third-order valence-electron chi connectivity index (χ3n) is 7.72. The van der Waals surface area contributed by atoms with E-state index in [0.717, 1.165) is 65.3 Å². The lowest BCUT2D eigenvalue weighted by Gasteiger charge is -2.42. The molecule has 10 nitrogen and oxygen atoms in total. The first kappa shape index (κ1) is 24.4. The summed E-state index contributed by atoms with van der Waals surface area (Å²) < 4.78 is 11.5. The standard InChI is InChI=1S/C28H33N7O3/c1-32(2)20-15-35(16-20)28(36)23-17-38-27(31-23)22-14-30-26-21(22)11-19(13-29-26)18-5-6-24(25(12-18)37-4)34-9-7-33(3)8-10-34/h5-6,11-14,17,20H,7-10,15-16H2,1-4H3,(H,29,30). The van der Waals surface area contributed by atoms with Crippen molar-refractivity contribution in [3.8, 4) is 28.3 Å². The number of fused-ring (bicyclic) bond motifs is 1. The van der Waals surface area contributed by atoms with Gasteiger partial charge in [0.2, 0.25) is 5.89 Å². The summed E-state index contributed by atoms with van der Waals surface area (Å²) in [6.45, 7) is 5.41. The van der Waals surface area contributed by atoms with Gasteiger partial charge in [0.05, 0.1) is 18.4 Å². The van der Waals surface area contributed by atoms with E-state index in [1.807, 2.05) is 26.5 Å². The molecule has 0 radical (unpaired) electrons. The Morgan fingerprint density at radius 3 is 2.66 bits per heavy atom. The van der Waals surface area contributed by atoms with E-state index < -0.39 is 0 Å². The Hall–Kier alpha value is -3.89. The van der Waals surface area contributed by atoms with Gasteiger partial charge in [-0.05, 0) is 44.9 Å². The number of hydrogen-bond acceptors (Lipinski definition) is 8. The molecule has 0 aliphatic carbocycles. The predicted octanol–water partition coefficient (Wildman–Crippen LogP) is 3.03. The van der Waals surface area contributed by atoms with Crippen molar-refractivity contribution < 1.29 is 13.9 Å².